The summed E-state index contributed by atoms with van der Waals surface area (Å²) in [5.41, 5.74) is 2.08. The number of fused-ring (bicyclic) bond motifs is 3. The quantitative estimate of drug-likeness (QED) is 0.477. The third kappa shape index (κ3) is 3.94. The normalized spacial score (nSPS) is 16.5. The molecule has 1 aromatic carbocycles. The van der Waals surface area contributed by atoms with Crippen LogP contribution in [0.25, 0.3) is 21.9 Å². The molecule has 31 heavy (non-hydrogen) atoms. The Bertz CT molecular complexity index is 1210. The van der Waals surface area contributed by atoms with E-state index in [0.29, 0.717) is 23.0 Å². The Labute approximate surface area is 179 Å². The summed E-state index contributed by atoms with van der Waals surface area (Å²) >= 11 is 6.15. The van der Waals surface area contributed by atoms with E-state index in [2.05, 4.69) is 35.5 Å². The zero-order valence-corrected chi connectivity index (χ0v) is 17.0. The van der Waals surface area contributed by atoms with E-state index in [1.54, 1.807) is 6.07 Å². The molecule has 0 aliphatic carbocycles. The van der Waals surface area contributed by atoms with Gasteiger partial charge < -0.3 is 4.57 Å². The lowest BCUT2D eigenvalue weighted by Gasteiger charge is -2.30. The van der Waals surface area contributed by atoms with Crippen molar-refractivity contribution in [3.8, 4) is 0 Å². The number of hydrogen-bond acceptors (Lipinski definition) is 6. The summed E-state index contributed by atoms with van der Waals surface area (Å²) in [5.74, 6) is 1.03. The standard InChI is InChI=1S/C19H18ClF3N8/c20-17-16-15(24-10-25-17)13-7-11(1-2-14(13)31(16)9-19(21,22)23)8-30-5-3-12(4-6-30)18-26-28-29-27-18/h1-2,7,10,12H,3-6,8-9H2,(H,26,27,28,29). The summed E-state index contributed by atoms with van der Waals surface area (Å²) in [5, 5.41) is 14.9. The Balaban J connectivity index is 1.43. The smallest absolute Gasteiger partial charge is 0.327 e. The van der Waals surface area contributed by atoms with E-state index in [4.69, 9.17) is 11.6 Å². The van der Waals surface area contributed by atoms with Crippen LogP contribution in [0.2, 0.25) is 5.15 Å². The molecule has 0 bridgehead atoms. The number of rotatable bonds is 4. The second-order valence-electron chi connectivity index (χ2n) is 7.73. The number of H-pyrrole nitrogens is 1. The fraction of sp³-hybridized carbons (Fsp3) is 0.421. The van der Waals surface area contributed by atoms with Crippen molar-refractivity contribution in [1.82, 2.24) is 40.1 Å². The molecule has 3 aromatic heterocycles. The van der Waals surface area contributed by atoms with Crippen LogP contribution >= 0.6 is 11.6 Å². The number of alkyl halides is 3. The molecule has 0 amide bonds. The molecule has 4 aromatic rings. The van der Waals surface area contributed by atoms with Crippen molar-refractivity contribution in [2.75, 3.05) is 13.1 Å². The average molecular weight is 451 g/mol. The first-order valence-electron chi connectivity index (χ1n) is 9.83. The third-order valence-electron chi connectivity index (χ3n) is 5.71. The molecule has 1 aliphatic heterocycles. The van der Waals surface area contributed by atoms with Crippen molar-refractivity contribution in [3.05, 3.63) is 41.1 Å². The summed E-state index contributed by atoms with van der Waals surface area (Å²) < 4.78 is 40.8. The van der Waals surface area contributed by atoms with E-state index < -0.39 is 12.7 Å². The van der Waals surface area contributed by atoms with E-state index in [0.717, 1.165) is 41.9 Å². The Morgan fingerprint density at radius 2 is 1.97 bits per heavy atom. The maximum absolute atomic E-state index is 13.2. The molecule has 0 unspecified atom stereocenters. The Hall–Kier alpha value is -2.79. The molecule has 162 valence electrons. The Kier molecular flexibility index (Phi) is 5.01. The lowest BCUT2D eigenvalue weighted by atomic mass is 9.96. The van der Waals surface area contributed by atoms with Gasteiger partial charge in [-0.15, -0.1) is 10.2 Å². The SMILES string of the molecule is FC(F)(F)Cn1c2ccc(CN3CCC(c4nn[nH]n4)CC3)cc2c2ncnc(Cl)c21. The van der Waals surface area contributed by atoms with E-state index >= 15 is 0 Å². The number of nitrogens with zero attached hydrogens (tertiary/aromatic N) is 7. The highest BCUT2D eigenvalue weighted by Gasteiger charge is 2.31. The minimum absolute atomic E-state index is 0.00976. The lowest BCUT2D eigenvalue weighted by Crippen LogP contribution is -2.32. The number of nitrogens with one attached hydrogen (secondary N) is 1. The summed E-state index contributed by atoms with van der Waals surface area (Å²) in [6.45, 7) is 1.30. The highest BCUT2D eigenvalue weighted by molar-refractivity contribution is 6.34. The lowest BCUT2D eigenvalue weighted by molar-refractivity contribution is -0.139. The molecule has 0 saturated carbocycles. The summed E-state index contributed by atoms with van der Waals surface area (Å²) in [4.78, 5) is 10.4. The first-order chi connectivity index (χ1) is 14.9. The maximum Gasteiger partial charge on any atom is 0.406 e. The van der Waals surface area contributed by atoms with Gasteiger partial charge in [-0.1, -0.05) is 22.9 Å². The van der Waals surface area contributed by atoms with Gasteiger partial charge in [0.05, 0.1) is 5.52 Å². The van der Waals surface area contributed by atoms with Crippen LogP contribution in [0, 0.1) is 0 Å². The summed E-state index contributed by atoms with van der Waals surface area (Å²) in [7, 11) is 0. The van der Waals surface area contributed by atoms with Crippen molar-refractivity contribution < 1.29 is 13.2 Å². The predicted octanol–water partition coefficient (Wildman–Crippen LogP) is 3.69. The molecular weight excluding hydrogens is 433 g/mol. The summed E-state index contributed by atoms with van der Waals surface area (Å²) in [6.07, 6.45) is -1.26. The second-order valence-corrected chi connectivity index (χ2v) is 8.09. The minimum atomic E-state index is -4.39. The molecular formula is C19H18ClF3N8. The molecule has 0 spiro atoms. The number of likely N-dealkylation sites (tertiary alicyclic amines) is 1. The molecule has 1 fully saturated rings. The van der Waals surface area contributed by atoms with Gasteiger partial charge >= 0.3 is 6.18 Å². The molecule has 8 nitrogen and oxygen atoms in total. The van der Waals surface area contributed by atoms with Crippen molar-refractivity contribution in [1.29, 1.82) is 0 Å². The average Bonchev–Trinajstić information content (AvgIpc) is 3.36. The van der Waals surface area contributed by atoms with Gasteiger partial charge in [0.2, 0.25) is 0 Å². The van der Waals surface area contributed by atoms with Gasteiger partial charge in [-0.2, -0.15) is 18.4 Å². The van der Waals surface area contributed by atoms with Crippen molar-refractivity contribution >= 4 is 33.5 Å². The van der Waals surface area contributed by atoms with Crippen molar-refractivity contribution in [3.63, 3.8) is 0 Å². The zero-order valence-electron chi connectivity index (χ0n) is 16.3. The number of halogens is 4. The first kappa shape index (κ1) is 20.1. The first-order valence-corrected chi connectivity index (χ1v) is 10.2. The minimum Gasteiger partial charge on any atom is -0.327 e. The van der Waals surface area contributed by atoms with E-state index in [9.17, 15) is 13.2 Å². The van der Waals surface area contributed by atoms with Crippen LogP contribution in [0.3, 0.4) is 0 Å². The van der Waals surface area contributed by atoms with Crippen LogP contribution in [-0.4, -0.2) is 59.3 Å². The molecule has 1 saturated heterocycles. The number of hydrogen-bond donors (Lipinski definition) is 1. The van der Waals surface area contributed by atoms with Crippen molar-refractivity contribution in [2.24, 2.45) is 0 Å². The topological polar surface area (TPSA) is 88.4 Å². The third-order valence-corrected chi connectivity index (χ3v) is 5.99. The van der Waals surface area contributed by atoms with Gasteiger partial charge in [-0.25, -0.2) is 9.97 Å². The number of aromatic nitrogens is 7. The van der Waals surface area contributed by atoms with E-state index in [1.807, 2.05) is 12.1 Å². The molecule has 1 aliphatic rings. The molecule has 0 radical (unpaired) electrons. The number of benzene rings is 1. The summed E-state index contributed by atoms with van der Waals surface area (Å²) in [6, 6.07) is 5.47. The van der Waals surface area contributed by atoms with Crippen LogP contribution in [0.15, 0.2) is 24.5 Å². The Morgan fingerprint density at radius 1 is 1.16 bits per heavy atom. The molecule has 0 atom stereocenters. The highest BCUT2D eigenvalue weighted by Crippen LogP contribution is 2.34. The monoisotopic (exact) mass is 450 g/mol. The fourth-order valence-electron chi connectivity index (χ4n) is 4.31. The predicted molar refractivity (Wildman–Crippen MR) is 108 cm³/mol. The van der Waals surface area contributed by atoms with Gasteiger partial charge in [-0.3, -0.25) is 4.90 Å². The number of aromatic amines is 1. The zero-order chi connectivity index (χ0) is 21.6. The van der Waals surface area contributed by atoms with Gasteiger partial charge in [0, 0.05) is 17.8 Å². The van der Waals surface area contributed by atoms with Gasteiger partial charge in [0.1, 0.15) is 23.9 Å². The maximum atomic E-state index is 13.2. The van der Waals surface area contributed by atoms with Crippen LogP contribution in [0.4, 0.5) is 13.2 Å². The van der Waals surface area contributed by atoms with Crippen LogP contribution in [0.5, 0.6) is 0 Å². The molecule has 1 N–H and O–H groups in total. The Morgan fingerprint density at radius 3 is 2.68 bits per heavy atom. The van der Waals surface area contributed by atoms with Crippen molar-refractivity contribution in [2.45, 2.75) is 38.0 Å². The van der Waals surface area contributed by atoms with E-state index in [-0.39, 0.29) is 16.6 Å². The van der Waals surface area contributed by atoms with Gasteiger partial charge in [-0.05, 0) is 43.6 Å². The van der Waals surface area contributed by atoms with Gasteiger partial charge in [0.15, 0.2) is 11.0 Å². The van der Waals surface area contributed by atoms with Gasteiger partial charge in [0.25, 0.3) is 0 Å². The highest BCUT2D eigenvalue weighted by atomic mass is 35.5. The number of piperidine rings is 1. The van der Waals surface area contributed by atoms with Crippen LogP contribution < -0.4 is 0 Å². The van der Waals surface area contributed by atoms with Crippen LogP contribution in [-0.2, 0) is 13.1 Å². The molecule has 12 heteroatoms. The van der Waals surface area contributed by atoms with Crippen LogP contribution in [0.1, 0.15) is 30.1 Å². The largest absolute Gasteiger partial charge is 0.406 e. The molecule has 4 heterocycles. The number of tetrazole rings is 1. The molecule has 5 rings (SSSR count). The van der Waals surface area contributed by atoms with E-state index in [1.165, 1.54) is 6.33 Å². The fourth-order valence-corrected chi connectivity index (χ4v) is 4.55. The second kappa shape index (κ2) is 7.72.